The van der Waals surface area contributed by atoms with Crippen molar-refractivity contribution in [1.82, 2.24) is 0 Å². The van der Waals surface area contributed by atoms with E-state index in [2.05, 4.69) is 0 Å². The normalized spacial score (nSPS) is 12.0. The molecular weight excluding hydrogens is 357 g/mol. The molecule has 0 aromatic rings. The second kappa shape index (κ2) is 20.8. The van der Waals surface area contributed by atoms with Crippen LogP contribution in [0.1, 0.15) is 128 Å². The van der Waals surface area contributed by atoms with Crippen molar-refractivity contribution in [3.8, 4) is 0 Å². The number of unbranched alkanes of at least 4 members (excludes halogenated alkanes) is 19. The zero-order valence-corrected chi connectivity index (χ0v) is 18.8. The smallest absolute Gasteiger partial charge is 0.325 e. The van der Waals surface area contributed by atoms with E-state index in [4.69, 9.17) is 15.5 Å². The van der Waals surface area contributed by atoms with Crippen molar-refractivity contribution in [3.63, 3.8) is 0 Å². The first-order chi connectivity index (χ1) is 13.1. The number of hydrogen-bond donors (Lipinski definition) is 3. The van der Waals surface area contributed by atoms with Crippen LogP contribution in [0.15, 0.2) is 0 Å². The molecule has 27 heavy (non-hydrogen) atoms. The molecule has 0 bridgehead atoms. The lowest BCUT2D eigenvalue weighted by molar-refractivity contribution is 0.370. The van der Waals surface area contributed by atoms with Gasteiger partial charge in [-0.25, -0.2) is 0 Å². The molecule has 4 N–H and O–H groups in total. The van der Waals surface area contributed by atoms with Gasteiger partial charge in [0.15, 0.2) is 0 Å². The lowest BCUT2D eigenvalue weighted by atomic mass is 10.0. The molecule has 0 spiro atoms. The molecule has 0 aromatic heterocycles. The van der Waals surface area contributed by atoms with Gasteiger partial charge in [0.05, 0.1) is 0 Å². The first-order valence-electron chi connectivity index (χ1n) is 11.8. The Morgan fingerprint density at radius 1 is 0.444 bits per heavy atom. The second-order valence-electron chi connectivity index (χ2n) is 8.25. The molecule has 0 aliphatic carbocycles. The van der Waals surface area contributed by atoms with Crippen molar-refractivity contribution in [2.45, 2.75) is 128 Å². The monoisotopic (exact) mass is 405 g/mol. The van der Waals surface area contributed by atoms with E-state index in [1.165, 1.54) is 109 Å². The molecule has 0 fully saturated rings. The minimum absolute atomic E-state index is 0.0578. The third kappa shape index (κ3) is 26.1. The summed E-state index contributed by atoms with van der Waals surface area (Å²) in [6.07, 6.45) is 25.9. The lowest BCUT2D eigenvalue weighted by Gasteiger charge is -2.04. The average molecular weight is 406 g/mol. The number of rotatable bonds is 22. The van der Waals surface area contributed by atoms with Crippen LogP contribution >= 0.6 is 7.60 Å². The molecule has 164 valence electrons. The molecule has 0 atom stereocenters. The molecule has 4 nitrogen and oxygen atoms in total. The first-order valence-corrected chi connectivity index (χ1v) is 13.6. The summed E-state index contributed by atoms with van der Waals surface area (Å²) in [5.74, 6) is 0. The largest absolute Gasteiger partial charge is 0.330 e. The van der Waals surface area contributed by atoms with Crippen LogP contribution in [0.5, 0.6) is 0 Å². The molecule has 0 amide bonds. The van der Waals surface area contributed by atoms with E-state index in [1.54, 1.807) is 0 Å². The van der Waals surface area contributed by atoms with Gasteiger partial charge in [0, 0.05) is 6.16 Å². The van der Waals surface area contributed by atoms with Gasteiger partial charge in [0.25, 0.3) is 0 Å². The molecule has 0 rings (SSSR count). The van der Waals surface area contributed by atoms with E-state index in [0.717, 1.165) is 19.4 Å². The topological polar surface area (TPSA) is 83.6 Å². The minimum Gasteiger partial charge on any atom is -0.330 e. The van der Waals surface area contributed by atoms with Gasteiger partial charge in [0.1, 0.15) is 0 Å². The van der Waals surface area contributed by atoms with E-state index in [9.17, 15) is 4.57 Å². The van der Waals surface area contributed by atoms with Crippen LogP contribution in [0.4, 0.5) is 0 Å². The highest BCUT2D eigenvalue weighted by atomic mass is 31.2. The second-order valence-corrected chi connectivity index (χ2v) is 10.0. The first kappa shape index (κ1) is 27.1. The van der Waals surface area contributed by atoms with Crippen LogP contribution in [0.25, 0.3) is 0 Å². The average Bonchev–Trinajstić information content (AvgIpc) is 2.62. The van der Waals surface area contributed by atoms with Crippen LogP contribution in [-0.2, 0) is 4.57 Å². The Kier molecular flexibility index (Phi) is 20.9. The zero-order chi connectivity index (χ0) is 20.1. The third-order valence-corrected chi connectivity index (χ3v) is 6.30. The molecule has 0 aliphatic heterocycles. The quantitative estimate of drug-likeness (QED) is 0.135. The van der Waals surface area contributed by atoms with Crippen molar-refractivity contribution in [3.05, 3.63) is 0 Å². The summed E-state index contributed by atoms with van der Waals surface area (Å²) < 4.78 is 10.7. The maximum atomic E-state index is 10.7. The molecule has 0 saturated heterocycles. The van der Waals surface area contributed by atoms with E-state index >= 15 is 0 Å². The summed E-state index contributed by atoms with van der Waals surface area (Å²) in [5.41, 5.74) is 5.50. The Morgan fingerprint density at radius 2 is 0.667 bits per heavy atom. The summed E-state index contributed by atoms with van der Waals surface area (Å²) in [5, 5.41) is 0. The lowest BCUT2D eigenvalue weighted by Crippen LogP contribution is -1.97. The van der Waals surface area contributed by atoms with Crippen LogP contribution in [0, 0.1) is 0 Å². The van der Waals surface area contributed by atoms with Gasteiger partial charge in [-0.3, -0.25) is 4.57 Å². The highest BCUT2D eigenvalue weighted by molar-refractivity contribution is 7.51. The Balaban J connectivity index is 3.02. The zero-order valence-electron chi connectivity index (χ0n) is 17.9. The molecular formula is C22H48NO3P. The Labute approximate surface area is 169 Å². The molecule has 0 saturated carbocycles. The Hall–Kier alpha value is 0.110. The van der Waals surface area contributed by atoms with Crippen LogP contribution in [0.2, 0.25) is 0 Å². The SMILES string of the molecule is NCCCCCCCCCCCCCCCCCCCCCCP(=O)(O)O. The van der Waals surface area contributed by atoms with Gasteiger partial charge in [-0.1, -0.05) is 116 Å². The maximum Gasteiger partial charge on any atom is 0.325 e. The van der Waals surface area contributed by atoms with Crippen molar-refractivity contribution in [2.75, 3.05) is 12.7 Å². The van der Waals surface area contributed by atoms with Crippen LogP contribution in [0.3, 0.4) is 0 Å². The van der Waals surface area contributed by atoms with Gasteiger partial charge in [0.2, 0.25) is 0 Å². The van der Waals surface area contributed by atoms with Crippen LogP contribution in [-0.4, -0.2) is 22.5 Å². The highest BCUT2D eigenvalue weighted by Crippen LogP contribution is 2.35. The van der Waals surface area contributed by atoms with E-state index < -0.39 is 7.60 Å². The molecule has 0 unspecified atom stereocenters. The van der Waals surface area contributed by atoms with Crippen molar-refractivity contribution in [1.29, 1.82) is 0 Å². The molecule has 5 heteroatoms. The summed E-state index contributed by atoms with van der Waals surface area (Å²) in [4.78, 5) is 17.6. The van der Waals surface area contributed by atoms with E-state index in [-0.39, 0.29) is 6.16 Å². The maximum absolute atomic E-state index is 10.7. The molecule has 0 aromatic carbocycles. The van der Waals surface area contributed by atoms with Gasteiger partial charge < -0.3 is 15.5 Å². The fourth-order valence-corrected chi connectivity index (χ4v) is 4.28. The molecule has 0 heterocycles. The summed E-state index contributed by atoms with van der Waals surface area (Å²) in [6.45, 7) is 0.851. The predicted molar refractivity (Wildman–Crippen MR) is 118 cm³/mol. The highest BCUT2D eigenvalue weighted by Gasteiger charge is 2.10. The van der Waals surface area contributed by atoms with Crippen LogP contribution < -0.4 is 5.73 Å². The molecule has 0 radical (unpaired) electrons. The summed E-state index contributed by atoms with van der Waals surface area (Å²) >= 11 is 0. The minimum atomic E-state index is -3.76. The van der Waals surface area contributed by atoms with Gasteiger partial charge >= 0.3 is 7.60 Å². The van der Waals surface area contributed by atoms with E-state index in [0.29, 0.717) is 6.42 Å². The Bertz CT molecular complexity index is 334. The Morgan fingerprint density at radius 3 is 0.889 bits per heavy atom. The number of nitrogens with two attached hydrogens (primary N) is 1. The van der Waals surface area contributed by atoms with Gasteiger partial charge in [-0.15, -0.1) is 0 Å². The fraction of sp³-hybridized carbons (Fsp3) is 1.00. The molecule has 0 aliphatic rings. The number of hydrogen-bond acceptors (Lipinski definition) is 2. The third-order valence-electron chi connectivity index (χ3n) is 5.40. The summed E-state index contributed by atoms with van der Waals surface area (Å²) in [6, 6.07) is 0. The van der Waals surface area contributed by atoms with Crippen molar-refractivity contribution >= 4 is 7.60 Å². The summed E-state index contributed by atoms with van der Waals surface area (Å²) in [7, 11) is -3.76. The standard InChI is InChI=1S/C22H48NO3P/c23-21-19-17-15-13-11-9-7-5-3-1-2-4-6-8-10-12-14-16-18-20-22-27(24,25)26/h1-23H2,(H2,24,25,26). The van der Waals surface area contributed by atoms with Gasteiger partial charge in [-0.05, 0) is 19.4 Å². The van der Waals surface area contributed by atoms with Gasteiger partial charge in [-0.2, -0.15) is 0 Å². The predicted octanol–water partition coefficient (Wildman–Crippen LogP) is 6.92. The van der Waals surface area contributed by atoms with Crippen molar-refractivity contribution in [2.24, 2.45) is 5.73 Å². The van der Waals surface area contributed by atoms with Crippen molar-refractivity contribution < 1.29 is 14.4 Å². The van der Waals surface area contributed by atoms with E-state index in [1.807, 2.05) is 0 Å². The fourth-order valence-electron chi connectivity index (χ4n) is 3.64.